The second-order valence-corrected chi connectivity index (χ2v) is 4.01. The lowest BCUT2D eigenvalue weighted by Gasteiger charge is -1.97. The summed E-state index contributed by atoms with van der Waals surface area (Å²) in [7, 11) is 0. The molecule has 0 bridgehead atoms. The van der Waals surface area contributed by atoms with Crippen LogP contribution in [0.2, 0.25) is 0 Å². The van der Waals surface area contributed by atoms with Crippen molar-refractivity contribution in [3.05, 3.63) is 38.9 Å². The van der Waals surface area contributed by atoms with Gasteiger partial charge in [0.05, 0.1) is 4.92 Å². The maximum Gasteiger partial charge on any atom is 0.338 e. The van der Waals surface area contributed by atoms with E-state index in [1.165, 1.54) is 0 Å². The Labute approximate surface area is 98.7 Å². The van der Waals surface area contributed by atoms with E-state index in [0.717, 1.165) is 4.47 Å². The maximum absolute atomic E-state index is 10.8. The largest absolute Gasteiger partial charge is 0.376 e. The zero-order valence-electron chi connectivity index (χ0n) is 7.98. The fourth-order valence-corrected chi connectivity index (χ4v) is 1.62. The molecule has 0 atom stereocenters. The Kier molecular flexibility index (Phi) is 2.61. The van der Waals surface area contributed by atoms with Gasteiger partial charge < -0.3 is 5.73 Å². The third kappa shape index (κ3) is 1.76. The minimum Gasteiger partial charge on any atom is -0.376 e. The molecule has 0 unspecified atom stereocenters. The van der Waals surface area contributed by atoms with Gasteiger partial charge in [0.25, 0.3) is 0 Å². The molecule has 16 heavy (non-hydrogen) atoms. The molecule has 2 rings (SSSR count). The van der Waals surface area contributed by atoms with E-state index in [1.54, 1.807) is 24.3 Å². The number of nitro groups is 1. The number of aromatic nitrogens is 2. The quantitative estimate of drug-likeness (QED) is 0.652. The summed E-state index contributed by atoms with van der Waals surface area (Å²) in [6, 6.07) is 7.06. The first-order valence-electron chi connectivity index (χ1n) is 4.33. The summed E-state index contributed by atoms with van der Waals surface area (Å²) in [5, 5.41) is 17.0. The van der Waals surface area contributed by atoms with Crippen LogP contribution in [0.4, 0.5) is 11.5 Å². The van der Waals surface area contributed by atoms with Gasteiger partial charge in [0.1, 0.15) is 5.69 Å². The Bertz CT molecular complexity index is 535. The molecule has 0 aliphatic heterocycles. The van der Waals surface area contributed by atoms with Crippen molar-refractivity contribution in [3.8, 4) is 11.3 Å². The van der Waals surface area contributed by atoms with Gasteiger partial charge in [0.15, 0.2) is 0 Å². The van der Waals surface area contributed by atoms with E-state index >= 15 is 0 Å². The molecule has 0 spiro atoms. The van der Waals surface area contributed by atoms with Gasteiger partial charge in [-0.3, -0.25) is 15.2 Å². The molecule has 0 radical (unpaired) electrons. The second-order valence-electron chi connectivity index (χ2n) is 3.10. The van der Waals surface area contributed by atoms with Crippen LogP contribution in [-0.2, 0) is 0 Å². The zero-order chi connectivity index (χ0) is 11.7. The summed E-state index contributed by atoms with van der Waals surface area (Å²) in [4.78, 5) is 10.3. The highest BCUT2D eigenvalue weighted by Crippen LogP contribution is 2.32. The van der Waals surface area contributed by atoms with E-state index in [4.69, 9.17) is 5.73 Å². The van der Waals surface area contributed by atoms with Gasteiger partial charge in [0, 0.05) is 10.0 Å². The molecule has 0 amide bonds. The topological polar surface area (TPSA) is 97.8 Å². The van der Waals surface area contributed by atoms with Gasteiger partial charge in [0.2, 0.25) is 5.82 Å². The Morgan fingerprint density at radius 1 is 1.38 bits per heavy atom. The minimum atomic E-state index is -0.545. The molecule has 0 aliphatic carbocycles. The third-order valence-electron chi connectivity index (χ3n) is 2.08. The number of nitrogens with two attached hydrogens (primary N) is 1. The molecule has 0 fully saturated rings. The van der Waals surface area contributed by atoms with Crippen LogP contribution in [0.15, 0.2) is 28.7 Å². The SMILES string of the molecule is Nc1n[nH]c(-c2ccc(Br)cc2)c1[N+](=O)[O-]. The molecule has 2 aromatic rings. The van der Waals surface area contributed by atoms with Crippen LogP contribution in [0.1, 0.15) is 0 Å². The minimum absolute atomic E-state index is 0.108. The highest BCUT2D eigenvalue weighted by atomic mass is 79.9. The van der Waals surface area contributed by atoms with Gasteiger partial charge in [-0.2, -0.15) is 5.10 Å². The number of nitrogens with zero attached hydrogens (tertiary/aromatic N) is 2. The van der Waals surface area contributed by atoms with Gasteiger partial charge >= 0.3 is 5.69 Å². The lowest BCUT2D eigenvalue weighted by atomic mass is 10.1. The van der Waals surface area contributed by atoms with Gasteiger partial charge in [-0.1, -0.05) is 28.1 Å². The number of hydrogen-bond donors (Lipinski definition) is 2. The fraction of sp³-hybridized carbons (Fsp3) is 0. The Morgan fingerprint density at radius 3 is 2.56 bits per heavy atom. The van der Waals surface area contributed by atoms with Crippen molar-refractivity contribution >= 4 is 27.4 Å². The number of nitrogen functional groups attached to an aromatic ring is 1. The number of anilines is 1. The van der Waals surface area contributed by atoms with Crippen LogP contribution in [0.5, 0.6) is 0 Å². The first kappa shape index (κ1) is 10.6. The van der Waals surface area contributed by atoms with E-state index in [1.807, 2.05) is 0 Å². The van der Waals surface area contributed by atoms with Crippen LogP contribution in [0.25, 0.3) is 11.3 Å². The van der Waals surface area contributed by atoms with Crippen molar-refractivity contribution in [1.82, 2.24) is 10.2 Å². The second kappa shape index (κ2) is 3.93. The van der Waals surface area contributed by atoms with E-state index in [0.29, 0.717) is 11.3 Å². The smallest absolute Gasteiger partial charge is 0.338 e. The molecule has 0 saturated heterocycles. The number of benzene rings is 1. The molecule has 1 heterocycles. The van der Waals surface area contributed by atoms with Gasteiger partial charge in [-0.05, 0) is 12.1 Å². The average molecular weight is 283 g/mol. The Balaban J connectivity index is 2.56. The summed E-state index contributed by atoms with van der Waals surface area (Å²) >= 11 is 3.29. The summed E-state index contributed by atoms with van der Waals surface area (Å²) in [5.41, 5.74) is 6.20. The molecule has 0 saturated carbocycles. The van der Waals surface area contributed by atoms with Crippen molar-refractivity contribution < 1.29 is 4.92 Å². The van der Waals surface area contributed by atoms with Crippen LogP contribution in [0.3, 0.4) is 0 Å². The van der Waals surface area contributed by atoms with E-state index in [2.05, 4.69) is 26.1 Å². The monoisotopic (exact) mass is 282 g/mol. The molecular weight excluding hydrogens is 276 g/mol. The molecular formula is C9H7BrN4O2. The van der Waals surface area contributed by atoms with Gasteiger partial charge in [-0.25, -0.2) is 0 Å². The molecule has 7 heteroatoms. The molecule has 6 nitrogen and oxygen atoms in total. The van der Waals surface area contributed by atoms with Crippen molar-refractivity contribution in [2.24, 2.45) is 0 Å². The maximum atomic E-state index is 10.8. The van der Waals surface area contributed by atoms with Crippen LogP contribution < -0.4 is 5.73 Å². The van der Waals surface area contributed by atoms with Crippen LogP contribution >= 0.6 is 15.9 Å². The van der Waals surface area contributed by atoms with Crippen LogP contribution in [-0.4, -0.2) is 15.1 Å². The number of aromatic amines is 1. The predicted molar refractivity (Wildman–Crippen MR) is 62.8 cm³/mol. The first-order valence-corrected chi connectivity index (χ1v) is 5.13. The first-order chi connectivity index (χ1) is 7.59. The summed E-state index contributed by atoms with van der Waals surface area (Å²) in [5.74, 6) is -0.108. The lowest BCUT2D eigenvalue weighted by molar-refractivity contribution is -0.383. The molecule has 0 aliphatic rings. The summed E-state index contributed by atoms with van der Waals surface area (Å²) < 4.78 is 0.895. The predicted octanol–water partition coefficient (Wildman–Crippen LogP) is 2.33. The van der Waals surface area contributed by atoms with Crippen LogP contribution in [0, 0.1) is 10.1 Å². The van der Waals surface area contributed by atoms with Gasteiger partial charge in [-0.15, -0.1) is 0 Å². The highest BCUT2D eigenvalue weighted by molar-refractivity contribution is 9.10. The normalized spacial score (nSPS) is 10.3. The number of nitrogens with one attached hydrogen (secondary N) is 1. The number of hydrogen-bond acceptors (Lipinski definition) is 4. The molecule has 82 valence electrons. The standard InChI is InChI=1S/C9H7BrN4O2/c10-6-3-1-5(2-4-6)7-8(14(15)16)9(11)13-12-7/h1-4H,(H3,11,12,13). The number of halogens is 1. The highest BCUT2D eigenvalue weighted by Gasteiger charge is 2.23. The number of rotatable bonds is 2. The van der Waals surface area contributed by atoms with E-state index < -0.39 is 4.92 Å². The Hall–Kier alpha value is -1.89. The van der Waals surface area contributed by atoms with E-state index in [-0.39, 0.29) is 11.5 Å². The third-order valence-corrected chi connectivity index (χ3v) is 2.61. The van der Waals surface area contributed by atoms with Crippen molar-refractivity contribution in [2.75, 3.05) is 5.73 Å². The fourth-order valence-electron chi connectivity index (χ4n) is 1.35. The summed E-state index contributed by atoms with van der Waals surface area (Å²) in [6.07, 6.45) is 0. The zero-order valence-corrected chi connectivity index (χ0v) is 9.56. The Morgan fingerprint density at radius 2 is 2.00 bits per heavy atom. The molecule has 1 aromatic carbocycles. The lowest BCUT2D eigenvalue weighted by Crippen LogP contribution is -1.94. The summed E-state index contributed by atoms with van der Waals surface area (Å²) in [6.45, 7) is 0. The number of H-pyrrole nitrogens is 1. The van der Waals surface area contributed by atoms with Crippen molar-refractivity contribution in [3.63, 3.8) is 0 Å². The molecule has 3 N–H and O–H groups in total. The average Bonchev–Trinajstić information content (AvgIpc) is 2.61. The van der Waals surface area contributed by atoms with E-state index in [9.17, 15) is 10.1 Å². The molecule has 1 aromatic heterocycles. The van der Waals surface area contributed by atoms with Crippen molar-refractivity contribution in [2.45, 2.75) is 0 Å². The van der Waals surface area contributed by atoms with Crippen molar-refractivity contribution in [1.29, 1.82) is 0 Å².